The van der Waals surface area contributed by atoms with E-state index in [-0.39, 0.29) is 0 Å². The van der Waals surface area contributed by atoms with Gasteiger partial charge in [-0.15, -0.1) is 0 Å². The van der Waals surface area contributed by atoms with Gasteiger partial charge in [0.05, 0.1) is 22.4 Å². The standard InChI is InChI=1S/C44H27N3/c1-3-12-28(13-4-1)38-27-39(46-44(45-38)30-14-5-2-6-15-30)31-18-9-19-32(26-31)47-40-23-8-7-20-33(40)36-25-24-35-34-21-10-16-29-17-11-22-37(41(29)34)42(35)43(36)47/h1-27H. The van der Waals surface area contributed by atoms with Gasteiger partial charge in [-0.25, -0.2) is 9.97 Å². The lowest BCUT2D eigenvalue weighted by Crippen LogP contribution is -1.98. The first-order valence-electron chi connectivity index (χ1n) is 16.0. The molecule has 47 heavy (non-hydrogen) atoms. The first-order chi connectivity index (χ1) is 23.3. The van der Waals surface area contributed by atoms with E-state index in [0.717, 1.165) is 33.8 Å². The SMILES string of the molecule is c1ccc(-c2cc(-c3cccc(-n4c5ccccc5c5ccc6c(c54)-c4cccc5cccc-6c45)c3)nc(-c3ccccc3)n2)cc1. The number of para-hydroxylation sites is 1. The van der Waals surface area contributed by atoms with Crippen LogP contribution in [-0.2, 0) is 0 Å². The highest BCUT2D eigenvalue weighted by molar-refractivity contribution is 6.24. The van der Waals surface area contributed by atoms with Crippen LogP contribution in [0.1, 0.15) is 0 Å². The number of nitrogens with zero attached hydrogens (tertiary/aromatic N) is 3. The van der Waals surface area contributed by atoms with Crippen LogP contribution < -0.4 is 0 Å². The Kier molecular flexibility index (Phi) is 5.57. The maximum atomic E-state index is 5.14. The monoisotopic (exact) mass is 597 g/mol. The van der Waals surface area contributed by atoms with Crippen molar-refractivity contribution >= 4 is 32.6 Å². The quantitative estimate of drug-likeness (QED) is 0.202. The number of aromatic nitrogens is 3. The van der Waals surface area contributed by atoms with Gasteiger partial charge in [-0.2, -0.15) is 0 Å². The molecule has 9 aromatic rings. The molecule has 0 radical (unpaired) electrons. The second kappa shape index (κ2) is 10.1. The van der Waals surface area contributed by atoms with Crippen molar-refractivity contribution in [1.82, 2.24) is 14.5 Å². The Labute approximate surface area is 272 Å². The molecule has 3 nitrogen and oxygen atoms in total. The molecule has 0 fully saturated rings. The maximum absolute atomic E-state index is 5.14. The maximum Gasteiger partial charge on any atom is 0.160 e. The van der Waals surface area contributed by atoms with Gasteiger partial charge in [0.2, 0.25) is 0 Å². The molecule has 2 aromatic heterocycles. The molecule has 7 aromatic carbocycles. The lowest BCUT2D eigenvalue weighted by molar-refractivity contribution is 1.16. The Morgan fingerprint density at radius 3 is 1.89 bits per heavy atom. The Morgan fingerprint density at radius 1 is 0.426 bits per heavy atom. The topological polar surface area (TPSA) is 30.7 Å². The summed E-state index contributed by atoms with van der Waals surface area (Å²) < 4.78 is 2.45. The summed E-state index contributed by atoms with van der Waals surface area (Å²) in [5.41, 5.74) is 13.6. The summed E-state index contributed by atoms with van der Waals surface area (Å²) in [5, 5.41) is 5.13. The van der Waals surface area contributed by atoms with Gasteiger partial charge in [-0.1, -0.05) is 140 Å². The summed E-state index contributed by atoms with van der Waals surface area (Å²) in [4.78, 5) is 10.2. The Balaban J connectivity index is 1.23. The zero-order valence-corrected chi connectivity index (χ0v) is 25.4. The minimum Gasteiger partial charge on any atom is -0.309 e. The molecule has 0 bridgehead atoms. The molecule has 0 N–H and O–H groups in total. The molecule has 218 valence electrons. The van der Waals surface area contributed by atoms with Crippen LogP contribution >= 0.6 is 0 Å². The van der Waals surface area contributed by atoms with Gasteiger partial charge in [0.15, 0.2) is 5.82 Å². The molecule has 2 heterocycles. The number of fused-ring (bicyclic) bond motifs is 7. The molecular weight excluding hydrogens is 571 g/mol. The molecule has 3 heteroatoms. The van der Waals surface area contributed by atoms with Crippen molar-refractivity contribution in [2.75, 3.05) is 0 Å². The average Bonchev–Trinajstić information content (AvgIpc) is 3.66. The van der Waals surface area contributed by atoms with Crippen molar-refractivity contribution in [3.8, 4) is 61.8 Å². The highest BCUT2D eigenvalue weighted by atomic mass is 15.0. The summed E-state index contributed by atoms with van der Waals surface area (Å²) in [5.74, 6) is 0.716. The lowest BCUT2D eigenvalue weighted by atomic mass is 10.00. The second-order valence-electron chi connectivity index (χ2n) is 12.2. The number of hydrogen-bond acceptors (Lipinski definition) is 2. The third kappa shape index (κ3) is 3.93. The summed E-state index contributed by atoms with van der Waals surface area (Å²) in [6.07, 6.45) is 0. The lowest BCUT2D eigenvalue weighted by Gasteiger charge is -2.14. The summed E-state index contributed by atoms with van der Waals surface area (Å²) >= 11 is 0. The van der Waals surface area contributed by atoms with Crippen LogP contribution in [0, 0.1) is 0 Å². The predicted octanol–water partition coefficient (Wildman–Crippen LogP) is 11.4. The van der Waals surface area contributed by atoms with Crippen molar-refractivity contribution in [2.24, 2.45) is 0 Å². The van der Waals surface area contributed by atoms with Crippen LogP contribution in [0.2, 0.25) is 0 Å². The predicted molar refractivity (Wildman–Crippen MR) is 195 cm³/mol. The molecule has 1 aliphatic rings. The van der Waals surface area contributed by atoms with E-state index in [2.05, 4.69) is 144 Å². The second-order valence-corrected chi connectivity index (χ2v) is 12.2. The minimum atomic E-state index is 0.716. The van der Waals surface area contributed by atoms with E-state index in [1.54, 1.807) is 0 Å². The summed E-state index contributed by atoms with van der Waals surface area (Å²) in [6, 6.07) is 58.3. The Hall–Kier alpha value is -6.32. The van der Waals surface area contributed by atoms with E-state index in [4.69, 9.17) is 9.97 Å². The van der Waals surface area contributed by atoms with Crippen molar-refractivity contribution in [2.45, 2.75) is 0 Å². The summed E-state index contributed by atoms with van der Waals surface area (Å²) in [7, 11) is 0. The van der Waals surface area contributed by atoms with E-state index >= 15 is 0 Å². The Morgan fingerprint density at radius 2 is 1.09 bits per heavy atom. The van der Waals surface area contributed by atoms with E-state index in [1.165, 1.54) is 54.8 Å². The minimum absolute atomic E-state index is 0.716. The van der Waals surface area contributed by atoms with Gasteiger partial charge >= 0.3 is 0 Å². The van der Waals surface area contributed by atoms with Gasteiger partial charge in [0.25, 0.3) is 0 Å². The number of benzene rings is 7. The number of hydrogen-bond donors (Lipinski definition) is 0. The van der Waals surface area contributed by atoms with Gasteiger partial charge in [0, 0.05) is 38.7 Å². The molecule has 0 saturated heterocycles. The molecule has 0 atom stereocenters. The fraction of sp³-hybridized carbons (Fsp3) is 0. The van der Waals surface area contributed by atoms with Crippen LogP contribution in [0.15, 0.2) is 164 Å². The van der Waals surface area contributed by atoms with Crippen molar-refractivity contribution in [1.29, 1.82) is 0 Å². The van der Waals surface area contributed by atoms with Crippen molar-refractivity contribution in [3.63, 3.8) is 0 Å². The Bertz CT molecular complexity index is 2610. The molecular formula is C44H27N3. The van der Waals surface area contributed by atoms with E-state index in [9.17, 15) is 0 Å². The van der Waals surface area contributed by atoms with Crippen LogP contribution in [-0.4, -0.2) is 14.5 Å². The third-order valence-electron chi connectivity index (χ3n) is 9.53. The largest absolute Gasteiger partial charge is 0.309 e. The zero-order chi connectivity index (χ0) is 30.9. The van der Waals surface area contributed by atoms with E-state index in [0.29, 0.717) is 5.82 Å². The van der Waals surface area contributed by atoms with Gasteiger partial charge < -0.3 is 4.57 Å². The van der Waals surface area contributed by atoms with Crippen LogP contribution in [0.4, 0.5) is 0 Å². The van der Waals surface area contributed by atoms with Crippen molar-refractivity contribution < 1.29 is 0 Å². The van der Waals surface area contributed by atoms with Gasteiger partial charge in [-0.3, -0.25) is 0 Å². The fourth-order valence-electron chi connectivity index (χ4n) is 7.47. The van der Waals surface area contributed by atoms with Crippen LogP contribution in [0.3, 0.4) is 0 Å². The molecule has 0 aliphatic heterocycles. The van der Waals surface area contributed by atoms with Gasteiger partial charge in [0.1, 0.15) is 0 Å². The molecule has 0 spiro atoms. The smallest absolute Gasteiger partial charge is 0.160 e. The van der Waals surface area contributed by atoms with Crippen LogP contribution in [0.25, 0.3) is 94.4 Å². The normalized spacial score (nSPS) is 11.8. The van der Waals surface area contributed by atoms with Crippen molar-refractivity contribution in [3.05, 3.63) is 164 Å². The summed E-state index contributed by atoms with van der Waals surface area (Å²) in [6.45, 7) is 0. The first kappa shape index (κ1) is 26.0. The van der Waals surface area contributed by atoms with Gasteiger partial charge in [-0.05, 0) is 51.7 Å². The molecule has 0 saturated carbocycles. The highest BCUT2D eigenvalue weighted by Gasteiger charge is 2.26. The molecule has 1 aliphatic carbocycles. The first-order valence-corrected chi connectivity index (χ1v) is 16.0. The average molecular weight is 598 g/mol. The number of rotatable bonds is 4. The molecule has 0 unspecified atom stereocenters. The van der Waals surface area contributed by atoms with Crippen LogP contribution in [0.5, 0.6) is 0 Å². The molecule has 10 rings (SSSR count). The van der Waals surface area contributed by atoms with E-state index < -0.39 is 0 Å². The zero-order valence-electron chi connectivity index (χ0n) is 25.4. The highest BCUT2D eigenvalue weighted by Crippen LogP contribution is 2.52. The van der Waals surface area contributed by atoms with E-state index in [1.807, 2.05) is 24.3 Å². The molecule has 0 amide bonds. The fourth-order valence-corrected chi connectivity index (χ4v) is 7.47. The third-order valence-corrected chi connectivity index (χ3v) is 9.53.